The van der Waals surface area contributed by atoms with E-state index < -0.39 is 18.2 Å². The predicted octanol–water partition coefficient (Wildman–Crippen LogP) is 1.19. The molecule has 0 aliphatic heterocycles. The van der Waals surface area contributed by atoms with Crippen molar-refractivity contribution in [1.29, 1.82) is 0 Å². The zero-order valence-corrected chi connectivity index (χ0v) is 13.7. The fraction of sp³-hybridized carbons (Fsp3) is 0.722. The van der Waals surface area contributed by atoms with Crippen LogP contribution in [-0.4, -0.2) is 40.1 Å². The zero-order chi connectivity index (χ0) is 17.1. The summed E-state index contributed by atoms with van der Waals surface area (Å²) in [4.78, 5) is 15.6. The average Bonchev–Trinajstić information content (AvgIpc) is 3.13. The van der Waals surface area contributed by atoms with E-state index in [-0.39, 0.29) is 30.8 Å². The van der Waals surface area contributed by atoms with Crippen molar-refractivity contribution in [3.63, 3.8) is 0 Å². The number of hydrogen-bond acceptors (Lipinski definition) is 5. The molecule has 4 N–H and O–H groups in total. The molecule has 0 radical (unpaired) electrons. The monoisotopic (exact) mass is 335 g/mol. The number of aliphatic hydroxyl groups is 2. The van der Waals surface area contributed by atoms with Crippen LogP contribution in [0, 0.1) is 29.6 Å². The molecule has 0 saturated heterocycles. The van der Waals surface area contributed by atoms with Gasteiger partial charge in [0.05, 0.1) is 25.0 Å². The molecule has 0 aromatic rings. The molecule has 2 fully saturated rings. The maximum Gasteiger partial charge on any atom is 0.305 e. The average molecular weight is 335 g/mol. The normalized spacial score (nSPS) is 30.3. The van der Waals surface area contributed by atoms with Gasteiger partial charge in [0.25, 0.3) is 0 Å². The van der Waals surface area contributed by atoms with E-state index in [1.807, 2.05) is 0 Å². The van der Waals surface area contributed by atoms with Gasteiger partial charge >= 0.3 is 5.97 Å². The Hall–Kier alpha value is -1.55. The summed E-state index contributed by atoms with van der Waals surface area (Å²) in [7, 11) is 0. The van der Waals surface area contributed by atoms with Gasteiger partial charge in [0, 0.05) is 11.6 Å². The van der Waals surface area contributed by atoms with Gasteiger partial charge in [-0.3, -0.25) is 15.1 Å². The SMILES string of the molecule is O=C(O)CCONC1=C2CC(C#CC(O)C3CCCC3)C(O)C2C1. The van der Waals surface area contributed by atoms with Crippen LogP contribution in [0.25, 0.3) is 0 Å². The van der Waals surface area contributed by atoms with Crippen LogP contribution in [0.1, 0.15) is 44.9 Å². The summed E-state index contributed by atoms with van der Waals surface area (Å²) in [5.41, 5.74) is 4.86. The van der Waals surface area contributed by atoms with Crippen LogP contribution >= 0.6 is 0 Å². The second-order valence-electron chi connectivity index (χ2n) is 6.99. The van der Waals surface area contributed by atoms with Crippen LogP contribution in [0.3, 0.4) is 0 Å². The maximum absolute atomic E-state index is 10.4. The van der Waals surface area contributed by atoms with Gasteiger partial charge in [-0.05, 0) is 37.2 Å². The highest BCUT2D eigenvalue weighted by Crippen LogP contribution is 2.48. The number of hydrogen-bond donors (Lipinski definition) is 4. The lowest BCUT2D eigenvalue weighted by Crippen LogP contribution is -2.32. The van der Waals surface area contributed by atoms with Crippen molar-refractivity contribution >= 4 is 5.97 Å². The summed E-state index contributed by atoms with van der Waals surface area (Å²) in [5.74, 6) is 5.39. The first-order chi connectivity index (χ1) is 11.6. The van der Waals surface area contributed by atoms with Gasteiger partial charge < -0.3 is 15.3 Å². The first kappa shape index (κ1) is 17.3. The van der Waals surface area contributed by atoms with Crippen LogP contribution in [0.2, 0.25) is 0 Å². The highest BCUT2D eigenvalue weighted by Gasteiger charge is 2.45. The summed E-state index contributed by atoms with van der Waals surface area (Å²) < 4.78 is 0. The molecule has 0 heterocycles. The number of aliphatic hydroxyl groups excluding tert-OH is 2. The number of carbonyl (C=O) groups is 1. The molecule has 0 amide bonds. The van der Waals surface area contributed by atoms with Gasteiger partial charge in [-0.2, -0.15) is 0 Å². The smallest absolute Gasteiger partial charge is 0.305 e. The molecule has 0 aromatic carbocycles. The number of allylic oxidation sites excluding steroid dienone is 1. The number of aliphatic carboxylic acids is 1. The molecule has 3 rings (SSSR count). The summed E-state index contributed by atoms with van der Waals surface area (Å²) >= 11 is 0. The minimum absolute atomic E-state index is 0.0468. The van der Waals surface area contributed by atoms with Crippen molar-refractivity contribution in [2.24, 2.45) is 17.8 Å². The molecule has 3 aliphatic rings. The minimum atomic E-state index is -0.895. The Morgan fingerprint density at radius 3 is 2.79 bits per heavy atom. The Bertz CT molecular complexity index is 570. The fourth-order valence-corrected chi connectivity index (χ4v) is 3.91. The molecule has 0 spiro atoms. The van der Waals surface area contributed by atoms with Crippen molar-refractivity contribution in [1.82, 2.24) is 5.48 Å². The van der Waals surface area contributed by atoms with E-state index in [0.29, 0.717) is 12.8 Å². The zero-order valence-electron chi connectivity index (χ0n) is 13.7. The molecular formula is C18H25NO5. The number of rotatable bonds is 6. The molecule has 6 heteroatoms. The summed E-state index contributed by atoms with van der Waals surface area (Å²) in [6, 6.07) is 0. The van der Waals surface area contributed by atoms with Gasteiger partial charge in [0.15, 0.2) is 0 Å². The van der Waals surface area contributed by atoms with E-state index >= 15 is 0 Å². The van der Waals surface area contributed by atoms with Crippen LogP contribution in [0.15, 0.2) is 11.3 Å². The van der Waals surface area contributed by atoms with Crippen LogP contribution < -0.4 is 5.48 Å². The molecule has 0 bridgehead atoms. The van der Waals surface area contributed by atoms with Gasteiger partial charge in [0.2, 0.25) is 0 Å². The van der Waals surface area contributed by atoms with Gasteiger partial charge in [0.1, 0.15) is 6.10 Å². The molecular weight excluding hydrogens is 310 g/mol. The van der Waals surface area contributed by atoms with Crippen molar-refractivity contribution in [3.05, 3.63) is 11.3 Å². The molecule has 6 nitrogen and oxygen atoms in total. The van der Waals surface area contributed by atoms with Crippen molar-refractivity contribution < 1.29 is 25.0 Å². The summed E-state index contributed by atoms with van der Waals surface area (Å²) in [6.07, 6.45) is 4.68. The van der Waals surface area contributed by atoms with E-state index in [2.05, 4.69) is 17.3 Å². The van der Waals surface area contributed by atoms with E-state index in [9.17, 15) is 15.0 Å². The standard InChI is InChI=1S/C18H25NO5/c20-16(11-3-1-2-4-11)6-5-12-9-13-14(18(12)23)10-15(13)19-24-8-7-17(21)22/h11-12,14,16,18-20,23H,1-4,7-10H2,(H,21,22). The summed E-state index contributed by atoms with van der Waals surface area (Å²) in [6.45, 7) is 0.107. The highest BCUT2D eigenvalue weighted by molar-refractivity contribution is 5.66. The van der Waals surface area contributed by atoms with Crippen molar-refractivity contribution in [2.45, 2.75) is 57.2 Å². The maximum atomic E-state index is 10.4. The lowest BCUT2D eigenvalue weighted by atomic mass is 9.83. The first-order valence-electron chi connectivity index (χ1n) is 8.75. The second-order valence-corrected chi connectivity index (χ2v) is 6.99. The van der Waals surface area contributed by atoms with Crippen LogP contribution in [0.5, 0.6) is 0 Å². The second kappa shape index (κ2) is 7.56. The van der Waals surface area contributed by atoms with E-state index in [4.69, 9.17) is 9.94 Å². The highest BCUT2D eigenvalue weighted by atomic mass is 16.6. The number of carboxylic acid groups (broad SMARTS) is 1. The molecule has 132 valence electrons. The molecule has 3 aliphatic carbocycles. The Labute approximate surface area is 141 Å². The Morgan fingerprint density at radius 2 is 2.08 bits per heavy atom. The largest absolute Gasteiger partial charge is 0.481 e. The Morgan fingerprint density at radius 1 is 1.33 bits per heavy atom. The summed E-state index contributed by atoms with van der Waals surface area (Å²) in [5, 5.41) is 29.1. The van der Waals surface area contributed by atoms with Crippen LogP contribution in [-0.2, 0) is 9.63 Å². The lowest BCUT2D eigenvalue weighted by Gasteiger charge is -2.30. The number of fused-ring (bicyclic) bond motifs is 1. The van der Waals surface area contributed by atoms with E-state index in [1.54, 1.807) is 0 Å². The van der Waals surface area contributed by atoms with Gasteiger partial charge in [-0.25, -0.2) is 0 Å². The quantitative estimate of drug-likeness (QED) is 0.331. The number of hydroxylamine groups is 1. The third kappa shape index (κ3) is 3.75. The Kier molecular flexibility index (Phi) is 5.44. The van der Waals surface area contributed by atoms with E-state index in [0.717, 1.165) is 24.1 Å². The molecule has 0 aromatic heterocycles. The fourth-order valence-electron chi connectivity index (χ4n) is 3.91. The van der Waals surface area contributed by atoms with Gasteiger partial charge in [-0.1, -0.05) is 24.7 Å². The third-order valence-electron chi connectivity index (χ3n) is 5.40. The minimum Gasteiger partial charge on any atom is -0.481 e. The van der Waals surface area contributed by atoms with Crippen molar-refractivity contribution in [2.75, 3.05) is 6.61 Å². The molecule has 24 heavy (non-hydrogen) atoms. The molecule has 4 atom stereocenters. The molecule has 2 saturated carbocycles. The van der Waals surface area contributed by atoms with Crippen LogP contribution in [0.4, 0.5) is 0 Å². The lowest BCUT2D eigenvalue weighted by molar-refractivity contribution is -0.138. The third-order valence-corrected chi connectivity index (χ3v) is 5.40. The first-order valence-corrected chi connectivity index (χ1v) is 8.75. The topological polar surface area (TPSA) is 99.0 Å². The number of nitrogens with one attached hydrogen (secondary N) is 1. The van der Waals surface area contributed by atoms with Crippen molar-refractivity contribution in [3.8, 4) is 11.8 Å². The van der Waals surface area contributed by atoms with E-state index in [1.165, 1.54) is 12.8 Å². The van der Waals surface area contributed by atoms with Gasteiger partial charge in [-0.15, -0.1) is 0 Å². The number of carboxylic acids is 1. The molecule has 4 unspecified atom stereocenters. The predicted molar refractivity (Wildman–Crippen MR) is 86.3 cm³/mol. The Balaban J connectivity index is 1.51.